The molecular weight excluding hydrogens is 220 g/mol. The minimum Gasteiger partial charge on any atom is -0.393 e. The van der Waals surface area contributed by atoms with Gasteiger partial charge in [-0.3, -0.25) is 0 Å². The zero-order valence-corrected chi connectivity index (χ0v) is 12.7. The fourth-order valence-corrected chi connectivity index (χ4v) is 3.39. The van der Waals surface area contributed by atoms with Crippen molar-refractivity contribution in [3.8, 4) is 0 Å². The molecule has 0 amide bonds. The fourth-order valence-electron chi connectivity index (χ4n) is 3.39. The van der Waals surface area contributed by atoms with E-state index >= 15 is 0 Å². The number of hydrogen-bond donors (Lipinski definition) is 1. The molecule has 0 bridgehead atoms. The van der Waals surface area contributed by atoms with Crippen LogP contribution in [0.15, 0.2) is 0 Å². The van der Waals surface area contributed by atoms with Crippen LogP contribution in [0.5, 0.6) is 0 Å². The largest absolute Gasteiger partial charge is 0.393 e. The topological polar surface area (TPSA) is 20.2 Å². The van der Waals surface area contributed by atoms with Gasteiger partial charge in [-0.1, -0.05) is 71.6 Å². The molecule has 1 fully saturated rings. The summed E-state index contributed by atoms with van der Waals surface area (Å²) in [7, 11) is 0. The summed E-state index contributed by atoms with van der Waals surface area (Å²) in [6, 6.07) is 0. The van der Waals surface area contributed by atoms with Gasteiger partial charge >= 0.3 is 0 Å². The molecule has 1 heteroatoms. The van der Waals surface area contributed by atoms with Gasteiger partial charge in [0, 0.05) is 0 Å². The van der Waals surface area contributed by atoms with E-state index in [9.17, 15) is 5.11 Å². The fraction of sp³-hybridized carbons (Fsp3) is 1.00. The normalized spacial score (nSPS) is 20.8. The summed E-state index contributed by atoms with van der Waals surface area (Å²) < 4.78 is 0. The molecule has 1 aliphatic carbocycles. The minimum atomic E-state index is -0.0336. The molecule has 2 atom stereocenters. The van der Waals surface area contributed by atoms with Crippen molar-refractivity contribution in [2.24, 2.45) is 11.8 Å². The Morgan fingerprint density at radius 1 is 1.06 bits per heavy atom. The second kappa shape index (κ2) is 9.83. The first-order chi connectivity index (χ1) is 8.76. The van der Waals surface area contributed by atoms with Crippen LogP contribution in [0.2, 0.25) is 0 Å². The first-order valence-corrected chi connectivity index (χ1v) is 8.44. The van der Waals surface area contributed by atoms with Crippen LogP contribution < -0.4 is 0 Å². The van der Waals surface area contributed by atoms with Crippen molar-refractivity contribution in [3.05, 3.63) is 0 Å². The van der Waals surface area contributed by atoms with Crippen molar-refractivity contribution in [1.29, 1.82) is 0 Å². The van der Waals surface area contributed by atoms with Crippen molar-refractivity contribution < 1.29 is 5.11 Å². The van der Waals surface area contributed by atoms with Crippen molar-refractivity contribution >= 4 is 0 Å². The third-order valence-corrected chi connectivity index (χ3v) is 4.78. The molecule has 0 saturated heterocycles. The van der Waals surface area contributed by atoms with Crippen LogP contribution in [0.25, 0.3) is 0 Å². The van der Waals surface area contributed by atoms with Gasteiger partial charge in [0.05, 0.1) is 6.10 Å². The Morgan fingerprint density at radius 2 is 1.78 bits per heavy atom. The molecule has 108 valence electrons. The van der Waals surface area contributed by atoms with E-state index in [1.165, 1.54) is 64.2 Å². The molecule has 0 heterocycles. The highest BCUT2D eigenvalue weighted by Crippen LogP contribution is 2.29. The Bertz CT molecular complexity index is 184. The van der Waals surface area contributed by atoms with E-state index in [2.05, 4.69) is 13.8 Å². The van der Waals surface area contributed by atoms with Gasteiger partial charge in [-0.25, -0.2) is 0 Å². The Morgan fingerprint density at radius 3 is 2.39 bits per heavy atom. The first-order valence-electron chi connectivity index (χ1n) is 8.44. The summed E-state index contributed by atoms with van der Waals surface area (Å²) in [5.74, 6) is 1.68. The van der Waals surface area contributed by atoms with E-state index in [0.29, 0.717) is 0 Å². The second-order valence-corrected chi connectivity index (χ2v) is 6.39. The molecule has 0 aromatic carbocycles. The van der Waals surface area contributed by atoms with E-state index in [1.54, 1.807) is 0 Å². The molecule has 2 unspecified atom stereocenters. The molecule has 1 N–H and O–H groups in total. The molecular formula is C17H34O. The molecule has 0 aromatic heterocycles. The van der Waals surface area contributed by atoms with Crippen molar-refractivity contribution in [1.82, 2.24) is 0 Å². The lowest BCUT2D eigenvalue weighted by molar-refractivity contribution is 0.117. The lowest BCUT2D eigenvalue weighted by Gasteiger charge is -2.24. The molecule has 0 aliphatic heterocycles. The summed E-state index contributed by atoms with van der Waals surface area (Å²) in [5.41, 5.74) is 0. The predicted molar refractivity (Wildman–Crippen MR) is 79.7 cm³/mol. The molecule has 1 rings (SSSR count). The number of aliphatic hydroxyl groups excluding tert-OH is 1. The van der Waals surface area contributed by atoms with Crippen LogP contribution in [0.4, 0.5) is 0 Å². The van der Waals surface area contributed by atoms with Gasteiger partial charge in [0.25, 0.3) is 0 Å². The van der Waals surface area contributed by atoms with E-state index in [4.69, 9.17) is 0 Å². The Balaban J connectivity index is 2.12. The lowest BCUT2D eigenvalue weighted by Crippen LogP contribution is -2.16. The Hall–Kier alpha value is -0.0400. The summed E-state index contributed by atoms with van der Waals surface area (Å²) in [6.45, 7) is 4.53. The van der Waals surface area contributed by atoms with Crippen LogP contribution in [0, 0.1) is 11.8 Å². The smallest absolute Gasteiger partial charge is 0.0543 e. The average Bonchev–Trinajstić information content (AvgIpc) is 2.42. The number of hydrogen-bond acceptors (Lipinski definition) is 1. The summed E-state index contributed by atoms with van der Waals surface area (Å²) >= 11 is 0. The lowest BCUT2D eigenvalue weighted by atomic mass is 9.84. The number of unbranched alkanes of at least 4 members (excludes halogenated alkanes) is 1. The van der Waals surface area contributed by atoms with Gasteiger partial charge in [-0.05, 0) is 31.1 Å². The summed E-state index contributed by atoms with van der Waals surface area (Å²) in [5, 5.41) is 10.2. The highest BCUT2D eigenvalue weighted by molar-refractivity contribution is 4.70. The quantitative estimate of drug-likeness (QED) is 0.591. The summed E-state index contributed by atoms with van der Waals surface area (Å²) in [6.07, 6.45) is 15.6. The van der Waals surface area contributed by atoms with Crippen molar-refractivity contribution in [3.63, 3.8) is 0 Å². The zero-order valence-electron chi connectivity index (χ0n) is 12.7. The van der Waals surface area contributed by atoms with E-state index in [-0.39, 0.29) is 6.10 Å². The van der Waals surface area contributed by atoms with Crippen LogP contribution in [-0.2, 0) is 0 Å². The number of rotatable bonds is 9. The van der Waals surface area contributed by atoms with E-state index < -0.39 is 0 Å². The maximum absolute atomic E-state index is 10.2. The van der Waals surface area contributed by atoms with Gasteiger partial charge in [0.2, 0.25) is 0 Å². The number of aliphatic hydroxyl groups is 1. The van der Waals surface area contributed by atoms with Gasteiger partial charge in [-0.15, -0.1) is 0 Å². The Kier molecular flexibility index (Phi) is 8.75. The van der Waals surface area contributed by atoms with Crippen LogP contribution in [0.3, 0.4) is 0 Å². The maximum Gasteiger partial charge on any atom is 0.0543 e. The standard InChI is InChI=1S/C17H34O/c1-3-5-9-15(4-2)14-17(18)13-12-16-10-7-6-8-11-16/h15-18H,3-14H2,1-2H3. The third-order valence-electron chi connectivity index (χ3n) is 4.78. The average molecular weight is 254 g/mol. The maximum atomic E-state index is 10.2. The van der Waals surface area contributed by atoms with Crippen LogP contribution >= 0.6 is 0 Å². The molecule has 1 nitrogen and oxygen atoms in total. The molecule has 1 saturated carbocycles. The zero-order chi connectivity index (χ0) is 13.2. The Labute approximate surface area is 114 Å². The van der Waals surface area contributed by atoms with Crippen molar-refractivity contribution in [2.45, 2.75) is 97.0 Å². The molecule has 0 radical (unpaired) electrons. The molecule has 0 spiro atoms. The predicted octanol–water partition coefficient (Wildman–Crippen LogP) is 5.31. The van der Waals surface area contributed by atoms with Crippen LogP contribution in [-0.4, -0.2) is 11.2 Å². The van der Waals surface area contributed by atoms with Crippen molar-refractivity contribution in [2.75, 3.05) is 0 Å². The van der Waals surface area contributed by atoms with Gasteiger partial charge < -0.3 is 5.11 Å². The highest BCUT2D eigenvalue weighted by Gasteiger charge is 2.17. The monoisotopic (exact) mass is 254 g/mol. The minimum absolute atomic E-state index is 0.0336. The summed E-state index contributed by atoms with van der Waals surface area (Å²) in [4.78, 5) is 0. The molecule has 1 aliphatic rings. The van der Waals surface area contributed by atoms with E-state index in [0.717, 1.165) is 24.7 Å². The van der Waals surface area contributed by atoms with E-state index in [1.807, 2.05) is 0 Å². The van der Waals surface area contributed by atoms with Crippen LogP contribution in [0.1, 0.15) is 90.9 Å². The second-order valence-electron chi connectivity index (χ2n) is 6.39. The van der Waals surface area contributed by atoms with Gasteiger partial charge in [-0.2, -0.15) is 0 Å². The highest BCUT2D eigenvalue weighted by atomic mass is 16.3. The molecule has 0 aromatic rings. The van der Waals surface area contributed by atoms with Gasteiger partial charge in [0.15, 0.2) is 0 Å². The SMILES string of the molecule is CCCCC(CC)CC(O)CCC1CCCCC1. The van der Waals surface area contributed by atoms with Gasteiger partial charge in [0.1, 0.15) is 0 Å². The third kappa shape index (κ3) is 6.78. The first kappa shape index (κ1) is 16.0. The molecule has 18 heavy (non-hydrogen) atoms.